The van der Waals surface area contributed by atoms with E-state index in [0.29, 0.717) is 17.0 Å². The van der Waals surface area contributed by atoms with Crippen molar-refractivity contribution in [2.75, 3.05) is 0 Å². The largest absolute Gasteiger partial charge is 0.321 e. The van der Waals surface area contributed by atoms with Crippen LogP contribution in [0.5, 0.6) is 0 Å². The maximum absolute atomic E-state index is 5.88. The van der Waals surface area contributed by atoms with Gasteiger partial charge in [-0.15, -0.1) is 5.10 Å². The fraction of sp³-hybridized carbons (Fsp3) is 0.375. The molecule has 0 aliphatic rings. The summed E-state index contributed by atoms with van der Waals surface area (Å²) in [7, 11) is 1.87. The number of alkyl halides is 1. The van der Waals surface area contributed by atoms with Gasteiger partial charge in [-0.1, -0.05) is 32.7 Å². The van der Waals surface area contributed by atoms with Crippen molar-refractivity contribution in [1.29, 1.82) is 0 Å². The zero-order valence-electron chi connectivity index (χ0n) is 8.06. The number of nitrogens with zero attached hydrogens (tertiary/aromatic N) is 5. The monoisotopic (exact) mass is 289 g/mol. The summed E-state index contributed by atoms with van der Waals surface area (Å²) in [6, 6.07) is 0. The number of rotatable bonds is 3. The van der Waals surface area contributed by atoms with Crippen LogP contribution in [0.4, 0.5) is 0 Å². The quantitative estimate of drug-likeness (QED) is 0.807. The topological polar surface area (TPSA) is 48.5 Å². The summed E-state index contributed by atoms with van der Waals surface area (Å²) >= 11 is 9.19. The molecule has 7 heteroatoms. The van der Waals surface area contributed by atoms with E-state index in [2.05, 4.69) is 31.2 Å². The minimum Gasteiger partial charge on any atom is -0.321 e. The lowest BCUT2D eigenvalue weighted by Crippen LogP contribution is -2.06. The van der Waals surface area contributed by atoms with Gasteiger partial charge in [-0.2, -0.15) is 0 Å². The molecular formula is C8H9BrClN5. The van der Waals surface area contributed by atoms with Crippen LogP contribution < -0.4 is 0 Å². The fourth-order valence-corrected chi connectivity index (χ4v) is 1.60. The molecule has 0 N–H and O–H groups in total. The zero-order chi connectivity index (χ0) is 10.8. The number of imidazole rings is 1. The van der Waals surface area contributed by atoms with Crippen molar-refractivity contribution >= 4 is 27.5 Å². The molecule has 0 unspecified atom stereocenters. The lowest BCUT2D eigenvalue weighted by molar-refractivity contribution is 0.607. The van der Waals surface area contributed by atoms with Crippen molar-refractivity contribution in [1.82, 2.24) is 24.5 Å². The fourth-order valence-electron chi connectivity index (χ4n) is 1.19. The first-order chi connectivity index (χ1) is 7.20. The molecular weight excluding hydrogens is 281 g/mol. The molecule has 0 radical (unpaired) electrons. The summed E-state index contributed by atoms with van der Waals surface area (Å²) in [6.45, 7) is 0.573. The molecule has 80 valence electrons. The number of halogens is 2. The minimum absolute atomic E-state index is 0.573. The third kappa shape index (κ3) is 2.21. The van der Waals surface area contributed by atoms with E-state index in [-0.39, 0.29) is 0 Å². The van der Waals surface area contributed by atoms with E-state index in [1.54, 1.807) is 10.9 Å². The first-order valence-corrected chi connectivity index (χ1v) is 5.81. The SMILES string of the molecule is Cn1c(Cl)cnc1Cn1cc(CBr)nn1. The Balaban J connectivity index is 2.18. The van der Waals surface area contributed by atoms with E-state index in [4.69, 9.17) is 11.6 Å². The van der Waals surface area contributed by atoms with E-state index in [0.717, 1.165) is 11.5 Å². The average molecular weight is 291 g/mol. The average Bonchev–Trinajstić information content (AvgIpc) is 2.80. The number of hydrogen-bond donors (Lipinski definition) is 0. The van der Waals surface area contributed by atoms with Gasteiger partial charge >= 0.3 is 0 Å². The third-order valence-electron chi connectivity index (χ3n) is 2.05. The predicted molar refractivity (Wildman–Crippen MR) is 60.0 cm³/mol. The summed E-state index contributed by atoms with van der Waals surface area (Å²) in [4.78, 5) is 4.18. The molecule has 0 aromatic carbocycles. The van der Waals surface area contributed by atoms with Crippen LogP contribution in [0.3, 0.4) is 0 Å². The van der Waals surface area contributed by atoms with Gasteiger partial charge in [-0.25, -0.2) is 9.67 Å². The number of aromatic nitrogens is 5. The van der Waals surface area contributed by atoms with Crippen LogP contribution in [-0.2, 0) is 18.9 Å². The molecule has 15 heavy (non-hydrogen) atoms. The Bertz CT molecular complexity index is 463. The van der Waals surface area contributed by atoms with Crippen LogP contribution in [0.2, 0.25) is 5.15 Å². The Morgan fingerprint density at radius 1 is 1.53 bits per heavy atom. The molecule has 2 aromatic heterocycles. The molecule has 5 nitrogen and oxygen atoms in total. The molecule has 2 heterocycles. The van der Waals surface area contributed by atoms with Crippen LogP contribution >= 0.6 is 27.5 Å². The molecule has 2 aromatic rings. The highest BCUT2D eigenvalue weighted by atomic mass is 79.9. The molecule has 0 spiro atoms. The first-order valence-electron chi connectivity index (χ1n) is 4.31. The standard InChI is InChI=1S/C8H9BrClN5/c1-14-7(10)3-11-8(14)5-15-4-6(2-9)12-13-15/h3-4H,2,5H2,1H3. The van der Waals surface area contributed by atoms with Crippen LogP contribution in [0.15, 0.2) is 12.4 Å². The number of hydrogen-bond acceptors (Lipinski definition) is 3. The normalized spacial score (nSPS) is 10.9. The highest BCUT2D eigenvalue weighted by Gasteiger charge is 2.06. The lowest BCUT2D eigenvalue weighted by Gasteiger charge is -2.01. The molecule has 0 aliphatic heterocycles. The van der Waals surface area contributed by atoms with Gasteiger partial charge in [-0.05, 0) is 0 Å². The second-order valence-corrected chi connectivity index (χ2v) is 4.05. The molecule has 0 saturated carbocycles. The van der Waals surface area contributed by atoms with Crippen LogP contribution in [0.1, 0.15) is 11.5 Å². The van der Waals surface area contributed by atoms with Gasteiger partial charge in [0.1, 0.15) is 17.5 Å². The highest BCUT2D eigenvalue weighted by molar-refractivity contribution is 9.08. The zero-order valence-corrected chi connectivity index (χ0v) is 10.4. The van der Waals surface area contributed by atoms with Gasteiger partial charge in [0.2, 0.25) is 0 Å². The van der Waals surface area contributed by atoms with Gasteiger partial charge in [0.05, 0.1) is 11.9 Å². The lowest BCUT2D eigenvalue weighted by atomic mass is 10.5. The van der Waals surface area contributed by atoms with Gasteiger partial charge in [-0.3, -0.25) is 0 Å². The minimum atomic E-state index is 0.573. The summed E-state index contributed by atoms with van der Waals surface area (Å²) < 4.78 is 3.55. The van der Waals surface area contributed by atoms with Crippen molar-refractivity contribution < 1.29 is 0 Å². The van der Waals surface area contributed by atoms with Gasteiger partial charge in [0.25, 0.3) is 0 Å². The second-order valence-electron chi connectivity index (χ2n) is 3.10. The van der Waals surface area contributed by atoms with Crippen molar-refractivity contribution in [2.45, 2.75) is 11.9 Å². The molecule has 0 bridgehead atoms. The van der Waals surface area contributed by atoms with Crippen LogP contribution in [-0.4, -0.2) is 24.5 Å². The van der Waals surface area contributed by atoms with Crippen molar-refractivity contribution in [3.05, 3.63) is 29.1 Å². The Labute approximate surface area is 100 Å². The second kappa shape index (κ2) is 4.32. The van der Waals surface area contributed by atoms with Gasteiger partial charge in [0.15, 0.2) is 0 Å². The Kier molecular flexibility index (Phi) is 3.06. The van der Waals surface area contributed by atoms with Crippen molar-refractivity contribution in [2.24, 2.45) is 7.05 Å². The van der Waals surface area contributed by atoms with Crippen LogP contribution in [0, 0.1) is 0 Å². The van der Waals surface area contributed by atoms with Crippen molar-refractivity contribution in [3.8, 4) is 0 Å². The molecule has 0 atom stereocenters. The predicted octanol–water partition coefficient (Wildman–Crippen LogP) is 1.61. The molecule has 0 aliphatic carbocycles. The molecule has 2 rings (SSSR count). The maximum Gasteiger partial charge on any atom is 0.131 e. The summed E-state index contributed by atoms with van der Waals surface area (Å²) in [5.74, 6) is 0.853. The third-order valence-corrected chi connectivity index (χ3v) is 2.98. The van der Waals surface area contributed by atoms with Crippen LogP contribution in [0.25, 0.3) is 0 Å². The molecule has 0 saturated heterocycles. The smallest absolute Gasteiger partial charge is 0.131 e. The maximum atomic E-state index is 5.88. The Morgan fingerprint density at radius 2 is 2.33 bits per heavy atom. The molecule has 0 fully saturated rings. The van der Waals surface area contributed by atoms with Gasteiger partial charge in [0, 0.05) is 18.6 Å². The van der Waals surface area contributed by atoms with E-state index < -0.39 is 0 Å². The first kappa shape index (κ1) is 10.6. The van der Waals surface area contributed by atoms with E-state index >= 15 is 0 Å². The van der Waals surface area contributed by atoms with E-state index in [9.17, 15) is 0 Å². The molecule has 0 amide bonds. The summed E-state index contributed by atoms with van der Waals surface area (Å²) in [5.41, 5.74) is 0.898. The summed E-state index contributed by atoms with van der Waals surface area (Å²) in [6.07, 6.45) is 3.50. The Morgan fingerprint density at radius 3 is 2.87 bits per heavy atom. The summed E-state index contributed by atoms with van der Waals surface area (Å²) in [5, 5.41) is 9.26. The van der Waals surface area contributed by atoms with Gasteiger partial charge < -0.3 is 4.57 Å². The van der Waals surface area contributed by atoms with Crippen molar-refractivity contribution in [3.63, 3.8) is 0 Å². The van der Waals surface area contributed by atoms with E-state index in [1.807, 2.05) is 17.8 Å². The van der Waals surface area contributed by atoms with E-state index in [1.165, 1.54) is 0 Å². The highest BCUT2D eigenvalue weighted by Crippen LogP contribution is 2.10. The Hall–Kier alpha value is -0.880.